The van der Waals surface area contributed by atoms with E-state index in [-0.39, 0.29) is 5.91 Å². The summed E-state index contributed by atoms with van der Waals surface area (Å²) in [5.41, 5.74) is 0.826. The molecule has 1 heterocycles. The minimum absolute atomic E-state index is 0.115. The maximum absolute atomic E-state index is 11.8. The van der Waals surface area contributed by atoms with E-state index in [2.05, 4.69) is 5.32 Å². The molecule has 1 saturated carbocycles. The van der Waals surface area contributed by atoms with Crippen LogP contribution in [0, 0.1) is 19.8 Å². The predicted octanol–water partition coefficient (Wildman–Crippen LogP) is 3.02. The molecular weight excluding hydrogens is 254 g/mol. The van der Waals surface area contributed by atoms with Gasteiger partial charge in [0.2, 0.25) is 5.91 Å². The van der Waals surface area contributed by atoms with Gasteiger partial charge in [-0.05, 0) is 45.1 Å². The molecule has 0 bridgehead atoms. The van der Waals surface area contributed by atoms with Crippen LogP contribution in [0.3, 0.4) is 0 Å². The number of nitrogens with one attached hydrogen (secondary N) is 1. The number of amides is 1. The maximum atomic E-state index is 11.8. The van der Waals surface area contributed by atoms with E-state index in [1.807, 2.05) is 19.9 Å². The summed E-state index contributed by atoms with van der Waals surface area (Å²) in [6.07, 6.45) is 5.48. The lowest BCUT2D eigenvalue weighted by Crippen LogP contribution is -2.27. The third kappa shape index (κ3) is 4.10. The van der Waals surface area contributed by atoms with Gasteiger partial charge in [-0.25, -0.2) is 0 Å². The summed E-state index contributed by atoms with van der Waals surface area (Å²) in [5, 5.41) is 13.0. The first-order valence-electron chi connectivity index (χ1n) is 7.58. The van der Waals surface area contributed by atoms with Crippen molar-refractivity contribution in [2.24, 2.45) is 5.92 Å². The molecule has 1 aliphatic carbocycles. The van der Waals surface area contributed by atoms with Crippen molar-refractivity contribution < 1.29 is 14.3 Å². The second-order valence-electron chi connectivity index (χ2n) is 5.88. The fourth-order valence-corrected chi connectivity index (χ4v) is 3.03. The fraction of sp³-hybridized carbons (Fsp3) is 0.688. The lowest BCUT2D eigenvalue weighted by Gasteiger charge is -2.12. The van der Waals surface area contributed by atoms with Gasteiger partial charge in [0.1, 0.15) is 11.5 Å². The van der Waals surface area contributed by atoms with Gasteiger partial charge in [0.05, 0.1) is 6.10 Å². The van der Waals surface area contributed by atoms with Gasteiger partial charge >= 0.3 is 0 Å². The van der Waals surface area contributed by atoms with Crippen molar-refractivity contribution in [3.8, 4) is 0 Å². The first kappa shape index (κ1) is 15.1. The van der Waals surface area contributed by atoms with Crippen LogP contribution in [0.4, 0.5) is 0 Å². The van der Waals surface area contributed by atoms with E-state index in [0.29, 0.717) is 25.3 Å². The van der Waals surface area contributed by atoms with Crippen LogP contribution in [0.25, 0.3) is 0 Å². The molecule has 2 rings (SSSR count). The average Bonchev–Trinajstić information content (AvgIpc) is 2.98. The Kier molecular flexibility index (Phi) is 5.24. The Morgan fingerprint density at radius 1 is 1.45 bits per heavy atom. The van der Waals surface area contributed by atoms with Crippen LogP contribution in [-0.4, -0.2) is 17.6 Å². The Labute approximate surface area is 120 Å². The molecule has 112 valence electrons. The number of furan rings is 1. The number of carbonyl (C=O) groups excluding carboxylic acids is 1. The molecule has 1 aliphatic rings. The SMILES string of the molecule is Cc1cc(C(O)CCNC(=O)CC2CCCC2)c(C)o1. The highest BCUT2D eigenvalue weighted by Crippen LogP contribution is 2.27. The monoisotopic (exact) mass is 279 g/mol. The van der Waals surface area contributed by atoms with Gasteiger partial charge in [-0.3, -0.25) is 4.79 Å². The summed E-state index contributed by atoms with van der Waals surface area (Å²) < 4.78 is 5.40. The highest BCUT2D eigenvalue weighted by atomic mass is 16.3. The zero-order valence-corrected chi connectivity index (χ0v) is 12.4. The van der Waals surface area contributed by atoms with Crippen LogP contribution in [-0.2, 0) is 4.79 Å². The Morgan fingerprint density at radius 2 is 2.15 bits per heavy atom. The van der Waals surface area contributed by atoms with Gasteiger partial charge in [-0.1, -0.05) is 12.8 Å². The first-order valence-corrected chi connectivity index (χ1v) is 7.58. The standard InChI is InChI=1S/C16H25NO3/c1-11-9-14(12(2)20-11)15(18)7-8-17-16(19)10-13-5-3-4-6-13/h9,13,15,18H,3-8,10H2,1-2H3,(H,17,19). The van der Waals surface area contributed by atoms with Crippen molar-refractivity contribution in [1.29, 1.82) is 0 Å². The summed E-state index contributed by atoms with van der Waals surface area (Å²) in [5.74, 6) is 2.25. The van der Waals surface area contributed by atoms with Crippen molar-refractivity contribution in [3.05, 3.63) is 23.2 Å². The average molecular weight is 279 g/mol. The molecule has 0 saturated heterocycles. The molecule has 1 atom stereocenters. The van der Waals surface area contributed by atoms with E-state index in [0.717, 1.165) is 17.1 Å². The molecule has 0 aromatic carbocycles. The molecule has 0 spiro atoms. The van der Waals surface area contributed by atoms with Crippen molar-refractivity contribution in [2.45, 2.75) is 58.5 Å². The summed E-state index contributed by atoms with van der Waals surface area (Å²) in [6.45, 7) is 4.23. The van der Waals surface area contributed by atoms with Crippen molar-refractivity contribution in [3.63, 3.8) is 0 Å². The molecule has 4 heteroatoms. The van der Waals surface area contributed by atoms with Gasteiger partial charge in [-0.2, -0.15) is 0 Å². The molecule has 1 amide bonds. The van der Waals surface area contributed by atoms with Gasteiger partial charge in [0, 0.05) is 18.5 Å². The molecule has 0 radical (unpaired) electrons. The Hall–Kier alpha value is -1.29. The molecule has 1 unspecified atom stereocenters. The van der Waals surface area contributed by atoms with Gasteiger partial charge in [-0.15, -0.1) is 0 Å². The smallest absolute Gasteiger partial charge is 0.220 e. The molecule has 1 aromatic rings. The Balaban J connectivity index is 1.69. The second-order valence-corrected chi connectivity index (χ2v) is 5.88. The number of aryl methyl sites for hydroxylation is 2. The summed E-state index contributed by atoms with van der Waals surface area (Å²) >= 11 is 0. The number of aliphatic hydroxyl groups is 1. The lowest BCUT2D eigenvalue weighted by molar-refractivity contribution is -0.122. The highest BCUT2D eigenvalue weighted by Gasteiger charge is 2.19. The van der Waals surface area contributed by atoms with Crippen LogP contribution in [0.2, 0.25) is 0 Å². The van der Waals surface area contributed by atoms with Gasteiger partial charge in [0.25, 0.3) is 0 Å². The predicted molar refractivity (Wildman–Crippen MR) is 77.3 cm³/mol. The number of hydrogen-bond acceptors (Lipinski definition) is 3. The van der Waals surface area contributed by atoms with Crippen molar-refractivity contribution in [2.75, 3.05) is 6.54 Å². The Morgan fingerprint density at radius 3 is 2.75 bits per heavy atom. The molecule has 4 nitrogen and oxygen atoms in total. The summed E-state index contributed by atoms with van der Waals surface area (Å²) in [4.78, 5) is 11.8. The topological polar surface area (TPSA) is 62.5 Å². The van der Waals surface area contributed by atoms with Crippen LogP contribution >= 0.6 is 0 Å². The van der Waals surface area contributed by atoms with Gasteiger partial charge in [0.15, 0.2) is 0 Å². The summed E-state index contributed by atoms with van der Waals surface area (Å²) in [6, 6.07) is 1.86. The fourth-order valence-electron chi connectivity index (χ4n) is 3.03. The van der Waals surface area contributed by atoms with E-state index in [9.17, 15) is 9.90 Å². The largest absolute Gasteiger partial charge is 0.466 e. The van der Waals surface area contributed by atoms with E-state index in [1.165, 1.54) is 25.7 Å². The zero-order valence-electron chi connectivity index (χ0n) is 12.4. The quantitative estimate of drug-likeness (QED) is 0.841. The summed E-state index contributed by atoms with van der Waals surface area (Å²) in [7, 11) is 0. The van der Waals surface area contributed by atoms with Crippen LogP contribution in [0.5, 0.6) is 0 Å². The highest BCUT2D eigenvalue weighted by molar-refractivity contribution is 5.76. The zero-order chi connectivity index (χ0) is 14.5. The minimum atomic E-state index is -0.570. The Bertz CT molecular complexity index is 447. The van der Waals surface area contributed by atoms with E-state index in [1.54, 1.807) is 0 Å². The molecule has 1 fully saturated rings. The molecule has 0 aliphatic heterocycles. The second kappa shape index (κ2) is 6.93. The minimum Gasteiger partial charge on any atom is -0.466 e. The van der Waals surface area contributed by atoms with E-state index >= 15 is 0 Å². The number of hydrogen-bond donors (Lipinski definition) is 2. The number of carbonyl (C=O) groups is 1. The molecule has 20 heavy (non-hydrogen) atoms. The van der Waals surface area contributed by atoms with E-state index in [4.69, 9.17) is 4.42 Å². The van der Waals surface area contributed by atoms with Crippen LogP contribution in [0.15, 0.2) is 10.5 Å². The maximum Gasteiger partial charge on any atom is 0.220 e. The normalized spacial score (nSPS) is 17.4. The number of rotatable bonds is 6. The molecule has 1 aromatic heterocycles. The van der Waals surface area contributed by atoms with Crippen molar-refractivity contribution in [1.82, 2.24) is 5.32 Å². The van der Waals surface area contributed by atoms with Crippen LogP contribution in [0.1, 0.15) is 61.7 Å². The van der Waals surface area contributed by atoms with Crippen molar-refractivity contribution >= 4 is 5.91 Å². The first-order chi connectivity index (χ1) is 9.56. The van der Waals surface area contributed by atoms with Gasteiger partial charge < -0.3 is 14.8 Å². The third-order valence-corrected chi connectivity index (χ3v) is 4.13. The molecular formula is C16H25NO3. The number of aliphatic hydroxyl groups excluding tert-OH is 1. The molecule has 2 N–H and O–H groups in total. The third-order valence-electron chi connectivity index (χ3n) is 4.13. The van der Waals surface area contributed by atoms with E-state index < -0.39 is 6.10 Å². The van der Waals surface area contributed by atoms with Crippen LogP contribution < -0.4 is 5.32 Å². The lowest BCUT2D eigenvalue weighted by atomic mass is 10.0.